The Bertz CT molecular complexity index is 889. The average molecular weight is 601 g/mol. The molecule has 8 nitrogen and oxygen atoms in total. The van der Waals surface area contributed by atoms with Crippen LogP contribution in [0.2, 0.25) is 0 Å². The third-order valence-corrected chi connectivity index (χ3v) is 17.1. The van der Waals surface area contributed by atoms with E-state index in [1.54, 1.807) is 0 Å². The largest absolute Gasteiger partial charge is 0.255 e. The molecule has 0 spiro atoms. The summed E-state index contributed by atoms with van der Waals surface area (Å²) in [6.45, 7) is 24.0. The third kappa shape index (κ3) is 7.83. The van der Waals surface area contributed by atoms with Crippen molar-refractivity contribution in [3.05, 3.63) is 0 Å². The highest BCUT2D eigenvalue weighted by molar-refractivity contribution is 7.59. The summed E-state index contributed by atoms with van der Waals surface area (Å²) in [7, 11) is 9.30. The van der Waals surface area contributed by atoms with E-state index in [1.807, 2.05) is 0 Å². The Labute approximate surface area is 249 Å². The van der Waals surface area contributed by atoms with Gasteiger partial charge in [-0.05, 0) is 133 Å². The van der Waals surface area contributed by atoms with E-state index in [0.717, 1.165) is 12.3 Å². The Morgan fingerprint density at radius 3 is 1.50 bits per heavy atom. The zero-order valence-electron chi connectivity index (χ0n) is 28.7. The molecule has 3 rings (SSSR count). The van der Waals surface area contributed by atoms with Gasteiger partial charge in [-0.2, -0.15) is 0 Å². The van der Waals surface area contributed by atoms with Crippen LogP contribution in [0.25, 0.3) is 0 Å². The highest BCUT2D eigenvalue weighted by Gasteiger charge is 2.47. The Morgan fingerprint density at radius 2 is 1.10 bits per heavy atom. The molecule has 0 saturated carbocycles. The van der Waals surface area contributed by atoms with Crippen molar-refractivity contribution in [2.45, 2.75) is 104 Å². The van der Waals surface area contributed by atoms with Crippen LogP contribution in [0.1, 0.15) is 93.4 Å². The summed E-state index contributed by atoms with van der Waals surface area (Å²) < 4.78 is 27.1. The standard InChI is InChI=1S/C30H66N8P2/c1-28(2,3)31-40(36-19-14-15-20-36,37-21-16-17-22-37)38-23-18-27(25-38)24-29(4,5)26-30(6,7)32-39(33(8)9,34(10)11)35(12)13/h27H,14-26H2,1-13H3. The van der Waals surface area contributed by atoms with Crippen LogP contribution in [0, 0.1) is 11.3 Å². The molecular formula is C30H66N8P2. The molecule has 40 heavy (non-hydrogen) atoms. The minimum Gasteiger partial charge on any atom is -0.255 e. The molecule has 3 fully saturated rings. The molecule has 236 valence electrons. The average Bonchev–Trinajstić information content (AvgIpc) is 3.56. The van der Waals surface area contributed by atoms with E-state index in [2.05, 4.69) is 119 Å². The Kier molecular flexibility index (Phi) is 11.3. The van der Waals surface area contributed by atoms with Gasteiger partial charge in [0.25, 0.3) is 0 Å². The summed E-state index contributed by atoms with van der Waals surface area (Å²) in [6, 6.07) is 0. The van der Waals surface area contributed by atoms with Gasteiger partial charge in [0.1, 0.15) is 0 Å². The topological polar surface area (TPSA) is 44.2 Å². The molecule has 0 radical (unpaired) electrons. The van der Waals surface area contributed by atoms with Gasteiger partial charge in [0.05, 0.1) is 11.1 Å². The van der Waals surface area contributed by atoms with Gasteiger partial charge in [-0.15, -0.1) is 0 Å². The molecule has 3 aliphatic rings. The fraction of sp³-hybridized carbons (Fsp3) is 1.00. The van der Waals surface area contributed by atoms with Crippen LogP contribution in [-0.2, 0) is 0 Å². The highest BCUT2D eigenvalue weighted by Crippen LogP contribution is 2.65. The van der Waals surface area contributed by atoms with Crippen molar-refractivity contribution in [3.8, 4) is 0 Å². The van der Waals surface area contributed by atoms with Crippen LogP contribution in [-0.4, -0.2) is 121 Å². The minimum absolute atomic E-state index is 0.0250. The molecule has 0 N–H and O–H groups in total. The first-order valence-corrected chi connectivity index (χ1v) is 19.1. The lowest BCUT2D eigenvalue weighted by atomic mass is 9.74. The Hall–Kier alpha value is 0.220. The fourth-order valence-corrected chi connectivity index (χ4v) is 16.3. The van der Waals surface area contributed by atoms with E-state index in [4.69, 9.17) is 9.49 Å². The SMILES string of the molecule is CN(C)P(=NC(C)(C)CC(C)(C)CC1CCN(P(=NC(C)(C)C)(N2CCCC2)N2CCCC2)C1)(N(C)C)N(C)C. The van der Waals surface area contributed by atoms with Crippen molar-refractivity contribution in [2.75, 3.05) is 81.6 Å². The number of rotatable bonds is 11. The van der Waals surface area contributed by atoms with Crippen LogP contribution in [0.5, 0.6) is 0 Å². The zero-order chi connectivity index (χ0) is 30.1. The summed E-state index contributed by atoms with van der Waals surface area (Å²) in [6.07, 6.45) is 8.97. The maximum absolute atomic E-state index is 5.83. The van der Waals surface area contributed by atoms with E-state index in [9.17, 15) is 0 Å². The first kappa shape index (κ1) is 34.7. The monoisotopic (exact) mass is 600 g/mol. The van der Waals surface area contributed by atoms with E-state index in [0.29, 0.717) is 0 Å². The molecule has 0 aromatic heterocycles. The van der Waals surface area contributed by atoms with Gasteiger partial charge in [0.2, 0.25) is 0 Å². The molecule has 3 aliphatic heterocycles. The molecule has 1 atom stereocenters. The maximum atomic E-state index is 5.83. The Morgan fingerprint density at radius 1 is 0.650 bits per heavy atom. The maximum Gasteiger partial charge on any atom is 0.168 e. The van der Waals surface area contributed by atoms with Gasteiger partial charge in [-0.25, -0.2) is 14.0 Å². The van der Waals surface area contributed by atoms with Crippen LogP contribution >= 0.6 is 15.0 Å². The van der Waals surface area contributed by atoms with E-state index in [-0.39, 0.29) is 16.5 Å². The summed E-state index contributed by atoms with van der Waals surface area (Å²) in [4.78, 5) is 0. The molecule has 0 aromatic carbocycles. The zero-order valence-corrected chi connectivity index (χ0v) is 30.5. The van der Waals surface area contributed by atoms with E-state index in [1.165, 1.54) is 77.8 Å². The normalized spacial score (nSPS) is 23.4. The van der Waals surface area contributed by atoms with Gasteiger partial charge in [0.15, 0.2) is 15.0 Å². The van der Waals surface area contributed by atoms with E-state index >= 15 is 0 Å². The van der Waals surface area contributed by atoms with Gasteiger partial charge >= 0.3 is 0 Å². The number of nitrogens with zero attached hydrogens (tertiary/aromatic N) is 8. The molecule has 0 amide bonds. The van der Waals surface area contributed by atoms with Crippen LogP contribution in [0.3, 0.4) is 0 Å². The van der Waals surface area contributed by atoms with Gasteiger partial charge in [-0.3, -0.25) is 23.5 Å². The van der Waals surface area contributed by atoms with Crippen molar-refractivity contribution >= 4 is 15.0 Å². The van der Waals surface area contributed by atoms with Crippen molar-refractivity contribution in [2.24, 2.45) is 20.8 Å². The second kappa shape index (κ2) is 13.1. The Balaban J connectivity index is 1.85. The second-order valence-corrected chi connectivity index (χ2v) is 22.4. The van der Waals surface area contributed by atoms with Gasteiger partial charge < -0.3 is 0 Å². The molecule has 1 unspecified atom stereocenters. The number of hydrogen-bond acceptors (Lipinski definition) is 2. The summed E-state index contributed by atoms with van der Waals surface area (Å²) in [5.41, 5.74) is 0.0818. The smallest absolute Gasteiger partial charge is 0.168 e. The number of hydrogen-bond donors (Lipinski definition) is 0. The van der Waals surface area contributed by atoms with Crippen LogP contribution in [0.4, 0.5) is 0 Å². The fourth-order valence-electron chi connectivity index (χ4n) is 8.05. The van der Waals surface area contributed by atoms with Gasteiger partial charge in [0, 0.05) is 39.3 Å². The molecule has 0 bridgehead atoms. The molecular weight excluding hydrogens is 534 g/mol. The van der Waals surface area contributed by atoms with Crippen molar-refractivity contribution in [1.29, 1.82) is 0 Å². The molecule has 0 aromatic rings. The molecule has 10 heteroatoms. The highest BCUT2D eigenvalue weighted by atomic mass is 31.2. The molecule has 0 aliphatic carbocycles. The first-order chi connectivity index (χ1) is 18.3. The predicted molar refractivity (Wildman–Crippen MR) is 178 cm³/mol. The van der Waals surface area contributed by atoms with Crippen LogP contribution < -0.4 is 0 Å². The summed E-state index contributed by atoms with van der Waals surface area (Å²) in [5.74, 6) is 0.724. The summed E-state index contributed by atoms with van der Waals surface area (Å²) >= 11 is 0. The summed E-state index contributed by atoms with van der Waals surface area (Å²) in [5, 5.41) is 0. The van der Waals surface area contributed by atoms with Crippen molar-refractivity contribution in [1.82, 2.24) is 28.0 Å². The molecule has 3 saturated heterocycles. The van der Waals surface area contributed by atoms with Crippen molar-refractivity contribution < 1.29 is 0 Å². The quantitative estimate of drug-likeness (QED) is 0.230. The minimum atomic E-state index is -1.93. The van der Waals surface area contributed by atoms with Crippen molar-refractivity contribution in [3.63, 3.8) is 0 Å². The van der Waals surface area contributed by atoms with Gasteiger partial charge in [-0.1, -0.05) is 13.8 Å². The van der Waals surface area contributed by atoms with Crippen LogP contribution in [0.15, 0.2) is 9.49 Å². The second-order valence-electron chi connectivity index (χ2n) is 15.7. The lowest BCUT2D eigenvalue weighted by Crippen LogP contribution is -2.40. The molecule has 3 heterocycles. The predicted octanol–water partition coefficient (Wildman–Crippen LogP) is 7.46. The third-order valence-electron chi connectivity index (χ3n) is 8.77. The lowest BCUT2D eigenvalue weighted by Gasteiger charge is -2.47. The first-order valence-electron chi connectivity index (χ1n) is 15.9. The lowest BCUT2D eigenvalue weighted by molar-refractivity contribution is 0.205. The van der Waals surface area contributed by atoms with E-state index < -0.39 is 15.0 Å².